The number of H-pyrrole nitrogens is 1. The van der Waals surface area contributed by atoms with Crippen LogP contribution in [0.3, 0.4) is 0 Å². The SMILES string of the molecule is Oc1[nH]c2ccccc2c1N=Nc1cccnc1. The Balaban J connectivity index is 2.05. The number of nitrogens with one attached hydrogen (secondary N) is 1. The minimum atomic E-state index is 0.0174. The van der Waals surface area contributed by atoms with Crippen molar-refractivity contribution in [2.24, 2.45) is 10.2 Å². The van der Waals surface area contributed by atoms with E-state index in [-0.39, 0.29) is 5.88 Å². The Morgan fingerprint density at radius 2 is 1.94 bits per heavy atom. The number of aromatic nitrogens is 2. The van der Waals surface area contributed by atoms with Gasteiger partial charge < -0.3 is 10.1 Å². The number of fused-ring (bicyclic) bond motifs is 1. The average molecular weight is 238 g/mol. The van der Waals surface area contributed by atoms with Crippen LogP contribution >= 0.6 is 0 Å². The lowest BCUT2D eigenvalue weighted by molar-refractivity contribution is 0.459. The van der Waals surface area contributed by atoms with Crippen molar-refractivity contribution in [1.29, 1.82) is 0 Å². The molecular formula is C13H10N4O. The summed E-state index contributed by atoms with van der Waals surface area (Å²) in [7, 11) is 0. The van der Waals surface area contributed by atoms with Gasteiger partial charge in [0.2, 0.25) is 5.88 Å². The smallest absolute Gasteiger partial charge is 0.218 e. The zero-order valence-corrected chi connectivity index (χ0v) is 9.41. The van der Waals surface area contributed by atoms with Gasteiger partial charge in [-0.25, -0.2) is 0 Å². The van der Waals surface area contributed by atoms with Crippen LogP contribution in [-0.2, 0) is 0 Å². The van der Waals surface area contributed by atoms with Crippen molar-refractivity contribution in [3.63, 3.8) is 0 Å². The second-order valence-corrected chi connectivity index (χ2v) is 3.78. The molecule has 0 fully saturated rings. The molecule has 2 heterocycles. The van der Waals surface area contributed by atoms with E-state index in [2.05, 4.69) is 20.2 Å². The number of hydrogen-bond acceptors (Lipinski definition) is 4. The molecule has 1 aromatic carbocycles. The summed E-state index contributed by atoms with van der Waals surface area (Å²) < 4.78 is 0. The van der Waals surface area contributed by atoms with E-state index >= 15 is 0 Å². The van der Waals surface area contributed by atoms with Crippen LogP contribution in [0.4, 0.5) is 11.4 Å². The van der Waals surface area contributed by atoms with Gasteiger partial charge in [0.25, 0.3) is 0 Å². The van der Waals surface area contributed by atoms with E-state index in [1.807, 2.05) is 24.3 Å². The Hall–Kier alpha value is -2.69. The lowest BCUT2D eigenvalue weighted by Crippen LogP contribution is -1.67. The van der Waals surface area contributed by atoms with Crippen molar-refractivity contribution < 1.29 is 5.11 Å². The molecule has 18 heavy (non-hydrogen) atoms. The quantitative estimate of drug-likeness (QED) is 0.668. The van der Waals surface area contributed by atoms with E-state index in [4.69, 9.17) is 0 Å². The highest BCUT2D eigenvalue weighted by atomic mass is 16.3. The van der Waals surface area contributed by atoms with Gasteiger partial charge in [-0.2, -0.15) is 0 Å². The molecule has 5 nitrogen and oxygen atoms in total. The van der Waals surface area contributed by atoms with Gasteiger partial charge in [0, 0.05) is 11.6 Å². The summed E-state index contributed by atoms with van der Waals surface area (Å²) in [6, 6.07) is 11.1. The molecule has 0 aliphatic carbocycles. The third-order valence-corrected chi connectivity index (χ3v) is 2.57. The summed E-state index contributed by atoms with van der Waals surface area (Å²) in [4.78, 5) is 6.79. The van der Waals surface area contributed by atoms with Crippen LogP contribution in [0, 0.1) is 0 Å². The molecule has 3 aromatic rings. The molecular weight excluding hydrogens is 228 g/mol. The summed E-state index contributed by atoms with van der Waals surface area (Å²) in [5, 5.41) is 18.7. The fourth-order valence-electron chi connectivity index (χ4n) is 1.73. The molecule has 0 aliphatic rings. The van der Waals surface area contributed by atoms with Crippen LogP contribution in [0.1, 0.15) is 0 Å². The first kappa shape index (κ1) is 10.5. The predicted octanol–water partition coefficient (Wildman–Crippen LogP) is 3.68. The van der Waals surface area contributed by atoms with E-state index < -0.39 is 0 Å². The second-order valence-electron chi connectivity index (χ2n) is 3.78. The van der Waals surface area contributed by atoms with E-state index in [1.54, 1.807) is 24.5 Å². The standard InChI is InChI=1S/C13H10N4O/c18-13-12(10-5-1-2-6-11(10)15-13)17-16-9-4-3-7-14-8-9/h1-8,15,18H. The minimum Gasteiger partial charge on any atom is -0.493 e. The second kappa shape index (κ2) is 4.29. The van der Waals surface area contributed by atoms with Gasteiger partial charge in [-0.15, -0.1) is 10.2 Å². The number of para-hydroxylation sites is 1. The van der Waals surface area contributed by atoms with E-state index in [0.29, 0.717) is 11.4 Å². The summed E-state index contributed by atoms with van der Waals surface area (Å²) in [5.41, 5.74) is 1.91. The normalized spacial score (nSPS) is 11.3. The molecule has 0 spiro atoms. The van der Waals surface area contributed by atoms with Crippen LogP contribution in [-0.4, -0.2) is 15.1 Å². The maximum atomic E-state index is 9.79. The Labute approximate surface area is 103 Å². The summed E-state index contributed by atoms with van der Waals surface area (Å²) in [6.07, 6.45) is 3.28. The third-order valence-electron chi connectivity index (χ3n) is 2.57. The molecule has 3 rings (SSSR count). The molecule has 0 saturated heterocycles. The lowest BCUT2D eigenvalue weighted by Gasteiger charge is -1.91. The van der Waals surface area contributed by atoms with Gasteiger partial charge in [-0.1, -0.05) is 18.2 Å². The molecule has 2 N–H and O–H groups in total. The maximum Gasteiger partial charge on any atom is 0.218 e. The van der Waals surface area contributed by atoms with Gasteiger partial charge >= 0.3 is 0 Å². The van der Waals surface area contributed by atoms with Crippen LogP contribution < -0.4 is 0 Å². The zero-order chi connectivity index (χ0) is 12.4. The molecule has 0 unspecified atom stereocenters. The van der Waals surface area contributed by atoms with Gasteiger partial charge in [-0.05, 0) is 18.2 Å². The first-order valence-electron chi connectivity index (χ1n) is 5.46. The Morgan fingerprint density at radius 1 is 1.06 bits per heavy atom. The zero-order valence-electron chi connectivity index (χ0n) is 9.41. The van der Waals surface area contributed by atoms with Crippen LogP contribution in [0.15, 0.2) is 59.0 Å². The molecule has 88 valence electrons. The van der Waals surface area contributed by atoms with Gasteiger partial charge in [0.05, 0.1) is 11.7 Å². The van der Waals surface area contributed by atoms with Crippen molar-refractivity contribution in [2.75, 3.05) is 0 Å². The Bertz CT molecular complexity index is 703. The topological polar surface area (TPSA) is 73.6 Å². The van der Waals surface area contributed by atoms with E-state index in [1.165, 1.54) is 0 Å². The van der Waals surface area contributed by atoms with Gasteiger partial charge in [0.1, 0.15) is 5.69 Å². The molecule has 2 aromatic heterocycles. The van der Waals surface area contributed by atoms with E-state index in [9.17, 15) is 5.11 Å². The number of nitrogens with zero attached hydrogens (tertiary/aromatic N) is 3. The fraction of sp³-hybridized carbons (Fsp3) is 0. The molecule has 0 radical (unpaired) electrons. The summed E-state index contributed by atoms with van der Waals surface area (Å²) in [5.74, 6) is 0.0174. The van der Waals surface area contributed by atoms with Gasteiger partial charge in [-0.3, -0.25) is 4.98 Å². The van der Waals surface area contributed by atoms with Crippen LogP contribution in [0.2, 0.25) is 0 Å². The van der Waals surface area contributed by atoms with Crippen LogP contribution in [0.25, 0.3) is 10.9 Å². The lowest BCUT2D eigenvalue weighted by atomic mass is 10.2. The summed E-state index contributed by atoms with van der Waals surface area (Å²) >= 11 is 0. The highest BCUT2D eigenvalue weighted by molar-refractivity contribution is 5.94. The Morgan fingerprint density at radius 3 is 2.78 bits per heavy atom. The maximum absolute atomic E-state index is 9.79. The number of benzene rings is 1. The average Bonchev–Trinajstić information content (AvgIpc) is 2.73. The van der Waals surface area contributed by atoms with E-state index in [0.717, 1.165) is 10.9 Å². The molecule has 0 amide bonds. The number of azo groups is 1. The third kappa shape index (κ3) is 1.82. The van der Waals surface area contributed by atoms with Crippen molar-refractivity contribution in [1.82, 2.24) is 9.97 Å². The first-order chi connectivity index (χ1) is 8.84. The number of pyridine rings is 1. The monoisotopic (exact) mass is 238 g/mol. The molecule has 0 bridgehead atoms. The molecule has 0 saturated carbocycles. The number of aromatic amines is 1. The highest BCUT2D eigenvalue weighted by Gasteiger charge is 2.08. The molecule has 0 aliphatic heterocycles. The Kier molecular flexibility index (Phi) is 2.49. The number of hydrogen-bond donors (Lipinski definition) is 2. The molecule has 5 heteroatoms. The predicted molar refractivity (Wildman–Crippen MR) is 68.4 cm³/mol. The van der Waals surface area contributed by atoms with Crippen molar-refractivity contribution >= 4 is 22.3 Å². The number of aromatic hydroxyl groups is 1. The first-order valence-corrected chi connectivity index (χ1v) is 5.46. The number of rotatable bonds is 2. The minimum absolute atomic E-state index is 0.0174. The molecule has 0 atom stereocenters. The van der Waals surface area contributed by atoms with Crippen molar-refractivity contribution in [2.45, 2.75) is 0 Å². The van der Waals surface area contributed by atoms with Crippen molar-refractivity contribution in [3.8, 4) is 5.88 Å². The van der Waals surface area contributed by atoms with Crippen LogP contribution in [0.5, 0.6) is 5.88 Å². The largest absolute Gasteiger partial charge is 0.493 e. The fourth-order valence-corrected chi connectivity index (χ4v) is 1.73. The van der Waals surface area contributed by atoms with Crippen molar-refractivity contribution in [3.05, 3.63) is 48.8 Å². The van der Waals surface area contributed by atoms with Gasteiger partial charge in [0.15, 0.2) is 5.69 Å². The highest BCUT2D eigenvalue weighted by Crippen LogP contribution is 2.35. The summed E-state index contributed by atoms with van der Waals surface area (Å²) in [6.45, 7) is 0.